The molecule has 2 amide bonds. The van der Waals surface area contributed by atoms with E-state index in [0.717, 1.165) is 11.1 Å². The van der Waals surface area contributed by atoms with E-state index in [2.05, 4.69) is 15.4 Å². The maximum Gasteiger partial charge on any atom is 0.275 e. The van der Waals surface area contributed by atoms with Crippen molar-refractivity contribution in [3.8, 4) is 0 Å². The number of amides is 2. The van der Waals surface area contributed by atoms with E-state index in [1.807, 2.05) is 49.4 Å². The zero-order chi connectivity index (χ0) is 21.5. The Labute approximate surface area is 177 Å². The highest BCUT2D eigenvalue weighted by molar-refractivity contribution is 6.11. The Morgan fingerprint density at radius 1 is 1.23 bits per heavy atom. The average Bonchev–Trinajstić information content (AvgIpc) is 3.52. The molecule has 7 nitrogen and oxygen atoms in total. The SMILES string of the molecule is CN1C(=O)[C@]2(NC(=O)c3nn(Cc4ccccc4)cc3F)[C@@H]3[C@H](c4cccnc41)[C@]32C. The van der Waals surface area contributed by atoms with Crippen LogP contribution in [0.2, 0.25) is 0 Å². The standard InChI is InChI=1S/C23H20FN5O2/c1-22-16-14-9-6-10-25-19(14)28(2)21(31)23(22,18(16)22)26-20(30)17-15(24)12-29(27-17)11-13-7-4-3-5-8-13/h3-10,12,16,18H,11H2,1-2H3,(H,26,30)/t16-,18+,22+,23+/m0/s1. The third kappa shape index (κ3) is 2.17. The topological polar surface area (TPSA) is 80.1 Å². The van der Waals surface area contributed by atoms with Gasteiger partial charge in [-0.15, -0.1) is 0 Å². The van der Waals surface area contributed by atoms with Gasteiger partial charge in [-0.1, -0.05) is 43.3 Å². The van der Waals surface area contributed by atoms with E-state index in [4.69, 9.17) is 0 Å². The highest BCUT2D eigenvalue weighted by atomic mass is 19.1. The Kier molecular flexibility index (Phi) is 3.40. The van der Waals surface area contributed by atoms with Crippen molar-refractivity contribution in [1.29, 1.82) is 0 Å². The molecule has 1 aromatic carbocycles. The van der Waals surface area contributed by atoms with Crippen LogP contribution in [0.5, 0.6) is 0 Å². The molecule has 2 saturated carbocycles. The van der Waals surface area contributed by atoms with E-state index < -0.39 is 17.3 Å². The van der Waals surface area contributed by atoms with Gasteiger partial charge >= 0.3 is 0 Å². The number of rotatable bonds is 4. The number of benzene rings is 1. The zero-order valence-corrected chi connectivity index (χ0v) is 17.0. The summed E-state index contributed by atoms with van der Waals surface area (Å²) in [6, 6.07) is 13.3. The molecule has 1 N–H and O–H groups in total. The van der Waals surface area contributed by atoms with Gasteiger partial charge in [0.15, 0.2) is 11.5 Å². The van der Waals surface area contributed by atoms with Gasteiger partial charge in [-0.3, -0.25) is 19.2 Å². The van der Waals surface area contributed by atoms with E-state index in [0.29, 0.717) is 12.4 Å². The molecule has 0 spiro atoms. The molecule has 7 rings (SSSR count). The van der Waals surface area contributed by atoms with Crippen LogP contribution in [0.1, 0.15) is 34.5 Å². The Bertz CT molecular complexity index is 1260. The number of fused-ring (bicyclic) bond motifs is 1. The molecule has 0 radical (unpaired) electrons. The number of pyridine rings is 1. The Balaban J connectivity index is 1.28. The second kappa shape index (κ2) is 5.78. The van der Waals surface area contributed by atoms with Crippen molar-refractivity contribution in [3.05, 3.63) is 77.5 Å². The lowest BCUT2D eigenvalue weighted by molar-refractivity contribution is -0.123. The zero-order valence-electron chi connectivity index (χ0n) is 17.0. The van der Waals surface area contributed by atoms with Gasteiger partial charge in [-0.05, 0) is 17.2 Å². The highest BCUT2D eigenvalue weighted by Crippen LogP contribution is 2.91. The van der Waals surface area contributed by atoms with Crippen LogP contribution in [0.4, 0.5) is 10.2 Å². The lowest BCUT2D eigenvalue weighted by Crippen LogP contribution is -2.56. The minimum Gasteiger partial charge on any atom is -0.335 e. The molecule has 8 heteroatoms. The third-order valence-electron chi connectivity index (χ3n) is 7.29. The van der Waals surface area contributed by atoms with Crippen LogP contribution < -0.4 is 10.2 Å². The molecule has 0 saturated heterocycles. The minimum atomic E-state index is -1.04. The number of hydrogen-bond acceptors (Lipinski definition) is 4. The van der Waals surface area contributed by atoms with Gasteiger partial charge in [0.05, 0.1) is 12.7 Å². The summed E-state index contributed by atoms with van der Waals surface area (Å²) in [5.41, 5.74) is 0.240. The Morgan fingerprint density at radius 3 is 2.71 bits per heavy atom. The molecule has 0 unspecified atom stereocenters. The van der Waals surface area contributed by atoms with E-state index in [9.17, 15) is 14.0 Å². The number of nitrogens with one attached hydrogen (secondary N) is 1. The van der Waals surface area contributed by atoms with E-state index in [-0.39, 0.29) is 28.9 Å². The van der Waals surface area contributed by atoms with Gasteiger partial charge in [-0.25, -0.2) is 9.37 Å². The fraction of sp³-hybridized carbons (Fsp3) is 0.304. The first-order chi connectivity index (χ1) is 14.9. The number of carbonyl (C=O) groups is 2. The van der Waals surface area contributed by atoms with Crippen LogP contribution in [0.3, 0.4) is 0 Å². The molecule has 2 aliphatic carbocycles. The van der Waals surface area contributed by atoms with E-state index >= 15 is 0 Å². The summed E-state index contributed by atoms with van der Waals surface area (Å²) >= 11 is 0. The molecule has 4 heterocycles. The van der Waals surface area contributed by atoms with Gasteiger partial charge in [-0.2, -0.15) is 5.10 Å². The van der Waals surface area contributed by atoms with Crippen LogP contribution in [0.25, 0.3) is 0 Å². The van der Waals surface area contributed by atoms with Gasteiger partial charge in [0.2, 0.25) is 0 Å². The predicted octanol–water partition coefficient (Wildman–Crippen LogP) is 2.34. The molecule has 4 atom stereocenters. The molecule has 156 valence electrons. The molecule has 3 aromatic rings. The smallest absolute Gasteiger partial charge is 0.275 e. The molecule has 2 aliphatic heterocycles. The fourth-order valence-corrected chi connectivity index (χ4v) is 5.65. The van der Waals surface area contributed by atoms with Gasteiger partial charge in [0.1, 0.15) is 11.4 Å². The average molecular weight is 417 g/mol. The molecule has 2 bridgehead atoms. The first-order valence-corrected chi connectivity index (χ1v) is 10.2. The summed E-state index contributed by atoms with van der Waals surface area (Å²) in [5.74, 6) is -0.827. The lowest BCUT2D eigenvalue weighted by Gasteiger charge is -2.28. The Morgan fingerprint density at radius 2 is 1.97 bits per heavy atom. The molecular formula is C23H20FN5O2. The summed E-state index contributed by atoms with van der Waals surface area (Å²) in [6.07, 6.45) is 2.86. The number of hydrogen-bond donors (Lipinski definition) is 1. The number of aromatic nitrogens is 3. The van der Waals surface area contributed by atoms with Gasteiger partial charge in [0.25, 0.3) is 11.8 Å². The van der Waals surface area contributed by atoms with Crippen molar-refractivity contribution in [2.75, 3.05) is 11.9 Å². The highest BCUT2D eigenvalue weighted by Gasteiger charge is 2.98. The van der Waals surface area contributed by atoms with Crippen molar-refractivity contribution in [1.82, 2.24) is 20.1 Å². The monoisotopic (exact) mass is 417 g/mol. The van der Waals surface area contributed by atoms with Crippen molar-refractivity contribution in [2.24, 2.45) is 11.3 Å². The normalized spacial score (nSPS) is 29.6. The summed E-state index contributed by atoms with van der Waals surface area (Å²) < 4.78 is 16.0. The minimum absolute atomic E-state index is 0.0150. The van der Waals surface area contributed by atoms with Crippen molar-refractivity contribution in [3.63, 3.8) is 0 Å². The van der Waals surface area contributed by atoms with E-state index in [1.165, 1.54) is 15.8 Å². The molecule has 2 aromatic heterocycles. The summed E-state index contributed by atoms with van der Waals surface area (Å²) in [6.45, 7) is 2.35. The second-order valence-electron chi connectivity index (χ2n) is 8.79. The summed E-state index contributed by atoms with van der Waals surface area (Å²) in [7, 11) is 1.67. The lowest BCUT2D eigenvalue weighted by atomic mass is 9.86. The van der Waals surface area contributed by atoms with Crippen LogP contribution >= 0.6 is 0 Å². The summed E-state index contributed by atoms with van der Waals surface area (Å²) in [4.78, 5) is 32.2. The number of anilines is 1. The first kappa shape index (κ1) is 18.2. The van der Waals surface area contributed by atoms with Crippen molar-refractivity contribution in [2.45, 2.75) is 24.9 Å². The molecular weight excluding hydrogens is 397 g/mol. The van der Waals surface area contributed by atoms with Gasteiger partial charge in [0, 0.05) is 30.5 Å². The van der Waals surface area contributed by atoms with Gasteiger partial charge < -0.3 is 5.32 Å². The number of carbonyl (C=O) groups excluding carboxylic acids is 2. The number of nitrogens with zero attached hydrogens (tertiary/aromatic N) is 4. The number of likely N-dealkylation sites (N-methyl/N-ethyl adjacent to an activating group) is 1. The quantitative estimate of drug-likeness (QED) is 0.707. The maximum absolute atomic E-state index is 14.6. The first-order valence-electron chi connectivity index (χ1n) is 10.2. The van der Waals surface area contributed by atoms with Crippen LogP contribution in [-0.2, 0) is 11.3 Å². The van der Waals surface area contributed by atoms with Crippen LogP contribution in [0, 0.1) is 17.2 Å². The Hall–Kier alpha value is -3.55. The van der Waals surface area contributed by atoms with Crippen LogP contribution in [0.15, 0.2) is 54.9 Å². The molecule has 31 heavy (non-hydrogen) atoms. The number of halogens is 1. The van der Waals surface area contributed by atoms with Crippen molar-refractivity contribution < 1.29 is 14.0 Å². The fourth-order valence-electron chi connectivity index (χ4n) is 5.65. The second-order valence-corrected chi connectivity index (χ2v) is 8.79. The van der Waals surface area contributed by atoms with E-state index in [1.54, 1.807) is 13.2 Å². The largest absolute Gasteiger partial charge is 0.335 e. The van der Waals surface area contributed by atoms with Crippen molar-refractivity contribution >= 4 is 17.6 Å². The summed E-state index contributed by atoms with van der Waals surface area (Å²) in [5, 5.41) is 7.00. The van der Waals surface area contributed by atoms with Crippen LogP contribution in [-0.4, -0.2) is 39.2 Å². The molecule has 4 aliphatic rings. The maximum atomic E-state index is 14.6. The third-order valence-corrected chi connectivity index (χ3v) is 7.29. The molecule has 2 fully saturated rings. The predicted molar refractivity (Wildman–Crippen MR) is 110 cm³/mol.